The molecule has 0 aliphatic heterocycles. The van der Waals surface area contributed by atoms with Gasteiger partial charge in [0.15, 0.2) is 14.9 Å². The van der Waals surface area contributed by atoms with Gasteiger partial charge in [0.1, 0.15) is 17.7 Å². The smallest absolute Gasteiger partial charge is 0.194 e. The molecule has 1 N–H and O–H groups in total. The SMILES string of the molecule is Cc1[nH]c([C@H](OCc2ccc(Cl)cc2)c2ccc(F)c(Cl)c2)nc1S(C)(=O)=O. The van der Waals surface area contributed by atoms with Crippen LogP contribution in [0.25, 0.3) is 0 Å². The van der Waals surface area contributed by atoms with Gasteiger partial charge in [-0.3, -0.25) is 0 Å². The summed E-state index contributed by atoms with van der Waals surface area (Å²) < 4.78 is 43.5. The van der Waals surface area contributed by atoms with Crippen LogP contribution >= 0.6 is 23.2 Å². The third-order valence-electron chi connectivity index (χ3n) is 4.03. The van der Waals surface area contributed by atoms with E-state index in [-0.39, 0.29) is 22.5 Å². The molecule has 0 aliphatic rings. The number of nitrogens with one attached hydrogen (secondary N) is 1. The van der Waals surface area contributed by atoms with Gasteiger partial charge in [0, 0.05) is 11.3 Å². The summed E-state index contributed by atoms with van der Waals surface area (Å²) in [5.41, 5.74) is 1.79. The van der Waals surface area contributed by atoms with Gasteiger partial charge in [0.05, 0.1) is 17.3 Å². The van der Waals surface area contributed by atoms with E-state index in [9.17, 15) is 12.8 Å². The Bertz CT molecular complexity index is 1100. The van der Waals surface area contributed by atoms with Crippen LogP contribution in [0.15, 0.2) is 47.5 Å². The quantitative estimate of drug-likeness (QED) is 0.590. The van der Waals surface area contributed by atoms with Crippen molar-refractivity contribution in [2.24, 2.45) is 0 Å². The van der Waals surface area contributed by atoms with Crippen molar-refractivity contribution in [3.8, 4) is 0 Å². The zero-order valence-electron chi connectivity index (χ0n) is 15.0. The summed E-state index contributed by atoms with van der Waals surface area (Å²) in [6.07, 6.45) is 0.307. The van der Waals surface area contributed by atoms with Crippen LogP contribution in [0.2, 0.25) is 10.0 Å². The Morgan fingerprint density at radius 3 is 2.43 bits per heavy atom. The second-order valence-electron chi connectivity index (χ2n) is 6.32. The molecule has 28 heavy (non-hydrogen) atoms. The maximum absolute atomic E-state index is 13.6. The lowest BCUT2D eigenvalue weighted by molar-refractivity contribution is 0.0613. The van der Waals surface area contributed by atoms with Gasteiger partial charge in [-0.05, 0) is 42.3 Å². The molecule has 0 radical (unpaired) electrons. The second kappa shape index (κ2) is 8.21. The highest BCUT2D eigenvalue weighted by atomic mass is 35.5. The van der Waals surface area contributed by atoms with Crippen LogP contribution in [-0.4, -0.2) is 24.6 Å². The zero-order chi connectivity index (χ0) is 20.5. The van der Waals surface area contributed by atoms with Crippen molar-refractivity contribution >= 4 is 33.0 Å². The second-order valence-corrected chi connectivity index (χ2v) is 9.09. The first-order valence-corrected chi connectivity index (χ1v) is 10.9. The molecule has 5 nitrogen and oxygen atoms in total. The number of halogens is 3. The monoisotopic (exact) mass is 442 g/mol. The average molecular weight is 443 g/mol. The lowest BCUT2D eigenvalue weighted by Crippen LogP contribution is -2.09. The van der Waals surface area contributed by atoms with Gasteiger partial charge in [-0.25, -0.2) is 17.8 Å². The van der Waals surface area contributed by atoms with Gasteiger partial charge in [0.25, 0.3) is 0 Å². The van der Waals surface area contributed by atoms with Crippen molar-refractivity contribution in [2.75, 3.05) is 6.26 Å². The van der Waals surface area contributed by atoms with Crippen molar-refractivity contribution in [2.45, 2.75) is 24.7 Å². The van der Waals surface area contributed by atoms with E-state index in [0.29, 0.717) is 16.3 Å². The van der Waals surface area contributed by atoms with Crippen molar-refractivity contribution in [3.63, 3.8) is 0 Å². The molecule has 1 atom stereocenters. The number of hydrogen-bond donors (Lipinski definition) is 1. The molecule has 2 aromatic carbocycles. The fraction of sp³-hybridized carbons (Fsp3) is 0.211. The van der Waals surface area contributed by atoms with E-state index in [1.165, 1.54) is 18.2 Å². The molecule has 0 fully saturated rings. The van der Waals surface area contributed by atoms with Gasteiger partial charge in [0.2, 0.25) is 0 Å². The molecule has 0 bridgehead atoms. The minimum absolute atomic E-state index is 0.0594. The van der Waals surface area contributed by atoms with E-state index >= 15 is 0 Å². The van der Waals surface area contributed by atoms with E-state index < -0.39 is 21.8 Å². The topological polar surface area (TPSA) is 72.0 Å². The minimum Gasteiger partial charge on any atom is -0.361 e. The van der Waals surface area contributed by atoms with E-state index in [4.69, 9.17) is 27.9 Å². The summed E-state index contributed by atoms with van der Waals surface area (Å²) in [4.78, 5) is 7.17. The number of ether oxygens (including phenoxy) is 1. The fourth-order valence-electron chi connectivity index (χ4n) is 2.72. The minimum atomic E-state index is -3.51. The zero-order valence-corrected chi connectivity index (χ0v) is 17.4. The molecule has 9 heteroatoms. The number of sulfone groups is 1. The Kier molecular flexibility index (Phi) is 6.09. The van der Waals surface area contributed by atoms with Gasteiger partial charge in [-0.15, -0.1) is 0 Å². The third kappa shape index (κ3) is 4.72. The van der Waals surface area contributed by atoms with Gasteiger partial charge in [-0.2, -0.15) is 0 Å². The largest absolute Gasteiger partial charge is 0.361 e. The Morgan fingerprint density at radius 2 is 1.86 bits per heavy atom. The van der Waals surface area contributed by atoms with Crippen LogP contribution in [0.3, 0.4) is 0 Å². The van der Waals surface area contributed by atoms with Gasteiger partial charge >= 0.3 is 0 Å². The predicted molar refractivity (Wildman–Crippen MR) is 106 cm³/mol. The number of imidazole rings is 1. The van der Waals surface area contributed by atoms with E-state index in [2.05, 4.69) is 9.97 Å². The van der Waals surface area contributed by atoms with Crippen molar-refractivity contribution in [1.29, 1.82) is 0 Å². The third-order valence-corrected chi connectivity index (χ3v) is 5.68. The summed E-state index contributed by atoms with van der Waals surface area (Å²) in [7, 11) is -3.51. The standard InChI is InChI=1S/C19H17Cl2FN2O3S/c1-11-19(28(2,25)26)24-18(23-11)17(13-5-8-16(22)15(21)9-13)27-10-12-3-6-14(20)7-4-12/h3-9,17H,10H2,1-2H3,(H,23,24)/t17-/m1/s1. The van der Waals surface area contributed by atoms with Crippen LogP contribution in [-0.2, 0) is 21.2 Å². The molecular weight excluding hydrogens is 426 g/mol. The van der Waals surface area contributed by atoms with E-state index in [1.807, 2.05) is 12.1 Å². The molecule has 0 spiro atoms. The number of aromatic nitrogens is 2. The number of H-pyrrole nitrogens is 1. The highest BCUT2D eigenvalue weighted by Gasteiger charge is 2.24. The molecule has 1 aromatic heterocycles. The Balaban J connectivity index is 1.98. The van der Waals surface area contributed by atoms with Gasteiger partial charge < -0.3 is 9.72 Å². The molecule has 1 heterocycles. The Hall–Kier alpha value is -1.93. The molecule has 0 unspecified atom stereocenters. The molecule has 3 rings (SSSR count). The highest BCUT2D eigenvalue weighted by molar-refractivity contribution is 7.90. The number of aryl methyl sites for hydroxylation is 1. The molecule has 3 aromatic rings. The van der Waals surface area contributed by atoms with Crippen LogP contribution in [0, 0.1) is 12.7 Å². The molecule has 0 aliphatic carbocycles. The summed E-state index contributed by atoms with van der Waals surface area (Å²) in [5.74, 6) is -0.274. The first-order valence-electron chi connectivity index (χ1n) is 8.22. The lowest BCUT2D eigenvalue weighted by atomic mass is 10.1. The first kappa shape index (κ1) is 20.8. The summed E-state index contributed by atoms with van der Waals surface area (Å²) >= 11 is 11.8. The normalized spacial score (nSPS) is 12.9. The lowest BCUT2D eigenvalue weighted by Gasteiger charge is -2.17. The molecule has 0 saturated heterocycles. The van der Waals surface area contributed by atoms with Gasteiger partial charge in [-0.1, -0.05) is 41.4 Å². The Morgan fingerprint density at radius 1 is 1.18 bits per heavy atom. The van der Waals surface area contributed by atoms with Crippen molar-refractivity contribution in [1.82, 2.24) is 9.97 Å². The number of hydrogen-bond acceptors (Lipinski definition) is 4. The number of aromatic amines is 1. The van der Waals surface area contributed by atoms with Crippen LogP contribution < -0.4 is 0 Å². The summed E-state index contributed by atoms with van der Waals surface area (Å²) in [6, 6.07) is 11.3. The number of rotatable bonds is 6. The van der Waals surface area contributed by atoms with Crippen LogP contribution in [0.1, 0.15) is 28.7 Å². The number of benzene rings is 2. The molecule has 0 saturated carbocycles. The predicted octanol–water partition coefficient (Wildman–Crippen LogP) is 4.87. The molecule has 148 valence electrons. The van der Waals surface area contributed by atoms with E-state index in [0.717, 1.165) is 11.8 Å². The molecule has 0 amide bonds. The summed E-state index contributed by atoms with van der Waals surface area (Å²) in [5, 5.41) is 0.477. The fourth-order valence-corrected chi connectivity index (χ4v) is 3.91. The maximum Gasteiger partial charge on any atom is 0.194 e. The summed E-state index contributed by atoms with van der Waals surface area (Å²) in [6.45, 7) is 1.81. The van der Waals surface area contributed by atoms with Crippen LogP contribution in [0.4, 0.5) is 4.39 Å². The first-order chi connectivity index (χ1) is 13.1. The average Bonchev–Trinajstić information content (AvgIpc) is 3.01. The molecular formula is C19H17Cl2FN2O3S. The highest BCUT2D eigenvalue weighted by Crippen LogP contribution is 2.30. The Labute approximate surface area is 172 Å². The van der Waals surface area contributed by atoms with Crippen molar-refractivity contribution in [3.05, 3.63) is 81.0 Å². The van der Waals surface area contributed by atoms with Crippen molar-refractivity contribution < 1.29 is 17.5 Å². The maximum atomic E-state index is 13.6. The van der Waals surface area contributed by atoms with Crippen LogP contribution in [0.5, 0.6) is 0 Å². The van der Waals surface area contributed by atoms with E-state index in [1.54, 1.807) is 19.1 Å². The number of nitrogens with zero attached hydrogens (tertiary/aromatic N) is 1.